The third kappa shape index (κ3) is 3.23. The van der Waals surface area contributed by atoms with E-state index in [1.165, 1.54) is 18.4 Å². The van der Waals surface area contributed by atoms with Gasteiger partial charge in [-0.15, -0.1) is 0 Å². The van der Waals surface area contributed by atoms with Crippen LogP contribution in [-0.2, 0) is 0 Å². The second-order valence-electron chi connectivity index (χ2n) is 5.42. The van der Waals surface area contributed by atoms with Crippen LogP contribution < -0.4 is 5.32 Å². The summed E-state index contributed by atoms with van der Waals surface area (Å²) in [6.45, 7) is 0. The first kappa shape index (κ1) is 16.7. The first-order valence-corrected chi connectivity index (χ1v) is 7.95. The van der Waals surface area contributed by atoms with Crippen molar-refractivity contribution in [2.24, 2.45) is 0 Å². The first-order chi connectivity index (χ1) is 13.0. The number of hydrogen-bond donors (Lipinski definition) is 1. The summed E-state index contributed by atoms with van der Waals surface area (Å²) in [7, 11) is 0. The topological polar surface area (TPSA) is 124 Å². The number of aromatic nitrogens is 2. The number of furan rings is 1. The molecule has 0 fully saturated rings. The van der Waals surface area contributed by atoms with Crippen LogP contribution in [0.4, 0.5) is 11.4 Å². The minimum Gasteiger partial charge on any atom is -0.459 e. The first-order valence-electron chi connectivity index (χ1n) is 7.57. The lowest BCUT2D eigenvalue weighted by atomic mass is 10.2. The summed E-state index contributed by atoms with van der Waals surface area (Å²) in [5.41, 5.74) is 0.985. The van der Waals surface area contributed by atoms with E-state index >= 15 is 0 Å². The van der Waals surface area contributed by atoms with Crippen LogP contribution in [0.25, 0.3) is 22.7 Å². The molecule has 0 aliphatic carbocycles. The third-order valence-electron chi connectivity index (χ3n) is 3.64. The van der Waals surface area contributed by atoms with E-state index < -0.39 is 10.8 Å². The molecule has 4 rings (SSSR count). The molecule has 1 aromatic carbocycles. The predicted molar refractivity (Wildman–Crippen MR) is 95.6 cm³/mol. The summed E-state index contributed by atoms with van der Waals surface area (Å²) < 4.78 is 10.6. The lowest BCUT2D eigenvalue weighted by Gasteiger charge is -2.06. The minimum atomic E-state index is -0.577. The zero-order valence-electron chi connectivity index (χ0n) is 13.4. The molecule has 0 aliphatic rings. The molecule has 0 spiro atoms. The lowest BCUT2D eigenvalue weighted by molar-refractivity contribution is -0.385. The number of nitro groups is 1. The summed E-state index contributed by atoms with van der Waals surface area (Å²) in [5.74, 6) is -0.148. The molecule has 1 N–H and O–H groups in total. The molecule has 134 valence electrons. The molecule has 0 bridgehead atoms. The summed E-state index contributed by atoms with van der Waals surface area (Å²) in [6, 6.07) is 9.12. The van der Waals surface area contributed by atoms with E-state index in [0.717, 1.165) is 6.20 Å². The highest BCUT2D eigenvalue weighted by molar-refractivity contribution is 6.33. The predicted octanol–water partition coefficient (Wildman–Crippen LogP) is 4.30. The van der Waals surface area contributed by atoms with Crippen molar-refractivity contribution in [3.8, 4) is 11.5 Å². The molecule has 3 aromatic heterocycles. The van der Waals surface area contributed by atoms with Gasteiger partial charge in [0.2, 0.25) is 5.89 Å². The molecular formula is C17H9ClN4O5. The van der Waals surface area contributed by atoms with Crippen molar-refractivity contribution in [1.29, 1.82) is 0 Å². The number of nitrogens with zero attached hydrogens (tertiary/aromatic N) is 3. The van der Waals surface area contributed by atoms with Gasteiger partial charge in [-0.2, -0.15) is 4.98 Å². The number of hydrogen-bond acceptors (Lipinski definition) is 7. The van der Waals surface area contributed by atoms with Crippen molar-refractivity contribution in [3.05, 3.63) is 69.8 Å². The lowest BCUT2D eigenvalue weighted by Crippen LogP contribution is -2.10. The smallest absolute Gasteiger partial charge is 0.291 e. The summed E-state index contributed by atoms with van der Waals surface area (Å²) in [4.78, 5) is 30.5. The van der Waals surface area contributed by atoms with E-state index in [4.69, 9.17) is 20.4 Å². The highest BCUT2D eigenvalue weighted by atomic mass is 35.5. The number of fused-ring (bicyclic) bond motifs is 1. The van der Waals surface area contributed by atoms with Crippen molar-refractivity contribution < 1.29 is 18.6 Å². The number of halogens is 1. The van der Waals surface area contributed by atoms with Crippen LogP contribution in [0.1, 0.15) is 10.6 Å². The van der Waals surface area contributed by atoms with Crippen molar-refractivity contribution >= 4 is 40.1 Å². The van der Waals surface area contributed by atoms with Gasteiger partial charge in [-0.05, 0) is 30.3 Å². The van der Waals surface area contributed by atoms with Crippen LogP contribution in [0.2, 0.25) is 5.02 Å². The second kappa shape index (κ2) is 6.54. The molecule has 0 aliphatic heterocycles. The number of carbonyl (C=O) groups is 1. The number of amides is 1. The van der Waals surface area contributed by atoms with Crippen LogP contribution in [0.15, 0.2) is 57.7 Å². The zero-order chi connectivity index (χ0) is 19.0. The number of rotatable bonds is 4. The van der Waals surface area contributed by atoms with Gasteiger partial charge in [0.05, 0.1) is 27.8 Å². The molecule has 9 nitrogen and oxygen atoms in total. The van der Waals surface area contributed by atoms with E-state index in [2.05, 4.69) is 15.3 Å². The van der Waals surface area contributed by atoms with Crippen molar-refractivity contribution in [3.63, 3.8) is 0 Å². The fraction of sp³-hybridized carbons (Fsp3) is 0. The average Bonchev–Trinajstić information content (AvgIpc) is 3.32. The molecule has 0 radical (unpaired) electrons. The minimum absolute atomic E-state index is 0.122. The van der Waals surface area contributed by atoms with Gasteiger partial charge in [0.1, 0.15) is 6.20 Å². The molecule has 0 unspecified atom stereocenters. The summed E-state index contributed by atoms with van der Waals surface area (Å²) >= 11 is 6.22. The Kier molecular flexibility index (Phi) is 4.05. The van der Waals surface area contributed by atoms with E-state index in [0.29, 0.717) is 16.3 Å². The fourth-order valence-corrected chi connectivity index (χ4v) is 2.59. The average molecular weight is 385 g/mol. The molecule has 0 atom stereocenters. The van der Waals surface area contributed by atoms with Gasteiger partial charge >= 0.3 is 0 Å². The van der Waals surface area contributed by atoms with Crippen LogP contribution in [-0.4, -0.2) is 20.8 Å². The van der Waals surface area contributed by atoms with E-state index in [9.17, 15) is 14.9 Å². The highest BCUT2D eigenvalue weighted by Crippen LogP contribution is 2.32. The van der Waals surface area contributed by atoms with E-state index in [1.54, 1.807) is 24.3 Å². The van der Waals surface area contributed by atoms with Crippen molar-refractivity contribution in [1.82, 2.24) is 9.97 Å². The Hall–Kier alpha value is -3.72. The Morgan fingerprint density at radius 1 is 1.26 bits per heavy atom. The Morgan fingerprint density at radius 3 is 2.85 bits per heavy atom. The second-order valence-corrected chi connectivity index (χ2v) is 5.82. The highest BCUT2D eigenvalue weighted by Gasteiger charge is 2.17. The van der Waals surface area contributed by atoms with Crippen LogP contribution in [0, 0.1) is 10.1 Å². The Morgan fingerprint density at radius 2 is 2.11 bits per heavy atom. The normalized spacial score (nSPS) is 10.9. The van der Waals surface area contributed by atoms with Crippen LogP contribution in [0.3, 0.4) is 0 Å². The Balaban J connectivity index is 1.69. The maximum Gasteiger partial charge on any atom is 0.291 e. The number of oxazole rings is 1. The Labute approximate surface area is 155 Å². The van der Waals surface area contributed by atoms with Crippen molar-refractivity contribution in [2.45, 2.75) is 0 Å². The van der Waals surface area contributed by atoms with Crippen LogP contribution in [0.5, 0.6) is 0 Å². The fourth-order valence-electron chi connectivity index (χ4n) is 2.39. The molecule has 10 heteroatoms. The van der Waals surface area contributed by atoms with Gasteiger partial charge < -0.3 is 14.2 Å². The number of carbonyl (C=O) groups excluding carboxylic acids is 1. The molecule has 0 saturated heterocycles. The monoisotopic (exact) mass is 384 g/mol. The SMILES string of the molecule is O=C(Nc1ccc(Cl)c(-c2nc3ncc([N+](=O)[O-])cc3o2)c1)c1ccco1. The quantitative estimate of drug-likeness (QED) is 0.410. The van der Waals surface area contributed by atoms with E-state index in [1.807, 2.05) is 0 Å². The third-order valence-corrected chi connectivity index (χ3v) is 3.97. The van der Waals surface area contributed by atoms with Gasteiger partial charge in [0.15, 0.2) is 17.0 Å². The maximum atomic E-state index is 12.1. The summed E-state index contributed by atoms with van der Waals surface area (Å²) in [6.07, 6.45) is 2.49. The molecule has 1 amide bonds. The molecule has 3 heterocycles. The molecular weight excluding hydrogens is 376 g/mol. The van der Waals surface area contributed by atoms with Gasteiger partial charge in [0, 0.05) is 5.69 Å². The number of nitrogens with one attached hydrogen (secondary N) is 1. The summed E-state index contributed by atoms with van der Waals surface area (Å²) in [5, 5.41) is 13.9. The van der Waals surface area contributed by atoms with Gasteiger partial charge in [0.25, 0.3) is 11.6 Å². The van der Waals surface area contributed by atoms with E-state index in [-0.39, 0.29) is 28.6 Å². The molecule has 4 aromatic rings. The van der Waals surface area contributed by atoms with Gasteiger partial charge in [-0.25, -0.2) is 4.98 Å². The zero-order valence-corrected chi connectivity index (χ0v) is 14.1. The van der Waals surface area contributed by atoms with Gasteiger partial charge in [-0.3, -0.25) is 14.9 Å². The van der Waals surface area contributed by atoms with Crippen molar-refractivity contribution in [2.75, 3.05) is 5.32 Å². The molecule has 0 saturated carbocycles. The number of anilines is 1. The standard InChI is InChI=1S/C17H9ClN4O5/c18-12-4-3-9(20-16(23)13-2-1-5-26-13)6-11(12)17-21-15-14(27-17)7-10(8-19-15)22(24)25/h1-8H,(H,20,23). The van der Waals surface area contributed by atoms with Gasteiger partial charge in [-0.1, -0.05) is 11.6 Å². The maximum absolute atomic E-state index is 12.1. The number of benzene rings is 1. The molecule has 27 heavy (non-hydrogen) atoms. The Bertz CT molecular complexity index is 1170. The largest absolute Gasteiger partial charge is 0.459 e. The van der Waals surface area contributed by atoms with Crippen LogP contribution >= 0.6 is 11.6 Å². The number of pyridine rings is 1.